The van der Waals surface area contributed by atoms with Crippen molar-refractivity contribution in [1.29, 1.82) is 0 Å². The Morgan fingerprint density at radius 1 is 1.18 bits per heavy atom. The third-order valence-electron chi connectivity index (χ3n) is 2.77. The fourth-order valence-corrected chi connectivity index (χ4v) is 2.70. The molecular weight excluding hydrogens is 318 g/mol. The second kappa shape index (κ2) is 5.85. The summed E-state index contributed by atoms with van der Waals surface area (Å²) in [6, 6.07) is 3.39. The number of carbonyl (C=O) groups excluding carboxylic acids is 1. The minimum Gasteiger partial charge on any atom is -0.466 e. The van der Waals surface area contributed by atoms with Gasteiger partial charge in [0.15, 0.2) is 0 Å². The molecule has 1 aromatic heterocycles. The predicted octanol–water partition coefficient (Wildman–Crippen LogP) is 1.80. The van der Waals surface area contributed by atoms with E-state index in [0.717, 1.165) is 6.07 Å². The molecule has 0 aliphatic carbocycles. The highest BCUT2D eigenvalue weighted by Crippen LogP contribution is 2.16. The van der Waals surface area contributed by atoms with Gasteiger partial charge in [-0.05, 0) is 38.1 Å². The van der Waals surface area contributed by atoms with Gasteiger partial charge in [0.1, 0.15) is 28.1 Å². The Kier molecular flexibility index (Phi) is 4.29. The van der Waals surface area contributed by atoms with Gasteiger partial charge in [-0.3, -0.25) is 10.2 Å². The van der Waals surface area contributed by atoms with Gasteiger partial charge in [0, 0.05) is 0 Å². The summed E-state index contributed by atoms with van der Waals surface area (Å²) in [7, 11) is -4.45. The average molecular weight is 330 g/mol. The van der Waals surface area contributed by atoms with Crippen LogP contribution < -0.4 is 10.3 Å². The SMILES string of the molecule is Cc1cc(C(=O)NNS(=O)(=O)c2cc(F)ccc2F)c(C)o1. The first-order valence-electron chi connectivity index (χ1n) is 6.05. The fourth-order valence-electron chi connectivity index (χ4n) is 1.78. The predicted molar refractivity (Wildman–Crippen MR) is 72.3 cm³/mol. The molecule has 0 aliphatic heterocycles. The van der Waals surface area contributed by atoms with Gasteiger partial charge < -0.3 is 4.42 Å². The first kappa shape index (κ1) is 16.1. The zero-order valence-corrected chi connectivity index (χ0v) is 12.4. The normalized spacial score (nSPS) is 11.5. The first-order chi connectivity index (χ1) is 10.2. The van der Waals surface area contributed by atoms with E-state index in [1.54, 1.807) is 11.8 Å². The molecule has 0 saturated heterocycles. The molecule has 0 unspecified atom stereocenters. The number of nitrogens with one attached hydrogen (secondary N) is 2. The lowest BCUT2D eigenvalue weighted by Gasteiger charge is -2.08. The van der Waals surface area contributed by atoms with Crippen molar-refractivity contribution in [2.75, 3.05) is 0 Å². The molecule has 2 rings (SSSR count). The van der Waals surface area contributed by atoms with E-state index in [1.165, 1.54) is 13.0 Å². The number of carbonyl (C=O) groups is 1. The van der Waals surface area contributed by atoms with E-state index in [-0.39, 0.29) is 5.56 Å². The minimum atomic E-state index is -4.45. The summed E-state index contributed by atoms with van der Waals surface area (Å²) in [6.45, 7) is 3.15. The van der Waals surface area contributed by atoms with Crippen LogP contribution in [0.4, 0.5) is 8.78 Å². The van der Waals surface area contributed by atoms with Gasteiger partial charge in [-0.2, -0.15) is 0 Å². The van der Waals surface area contributed by atoms with E-state index in [2.05, 4.69) is 0 Å². The van der Waals surface area contributed by atoms with Crippen LogP contribution in [0, 0.1) is 25.5 Å². The second-order valence-corrected chi connectivity index (χ2v) is 6.11. The van der Waals surface area contributed by atoms with Crippen LogP contribution in [0.3, 0.4) is 0 Å². The Bertz CT molecular complexity index is 831. The fraction of sp³-hybridized carbons (Fsp3) is 0.154. The second-order valence-electron chi connectivity index (χ2n) is 4.46. The number of sulfonamides is 1. The Morgan fingerprint density at radius 2 is 1.86 bits per heavy atom. The summed E-state index contributed by atoms with van der Waals surface area (Å²) in [6.07, 6.45) is 0. The maximum absolute atomic E-state index is 13.5. The van der Waals surface area contributed by atoms with Crippen LogP contribution in [0.2, 0.25) is 0 Å². The number of rotatable bonds is 4. The lowest BCUT2D eigenvalue weighted by Crippen LogP contribution is -2.41. The van der Waals surface area contributed by atoms with Crippen molar-refractivity contribution in [3.63, 3.8) is 0 Å². The Hall–Kier alpha value is -2.26. The van der Waals surface area contributed by atoms with Crippen molar-refractivity contribution >= 4 is 15.9 Å². The maximum atomic E-state index is 13.5. The Balaban J connectivity index is 2.18. The summed E-state index contributed by atoms with van der Waals surface area (Å²) in [5.41, 5.74) is 2.04. The van der Waals surface area contributed by atoms with Crippen molar-refractivity contribution in [1.82, 2.24) is 10.3 Å². The van der Waals surface area contributed by atoms with Crippen molar-refractivity contribution < 1.29 is 26.4 Å². The van der Waals surface area contributed by atoms with Gasteiger partial charge in [0.05, 0.1) is 5.56 Å². The van der Waals surface area contributed by atoms with Crippen molar-refractivity contribution in [2.24, 2.45) is 0 Å². The summed E-state index contributed by atoms with van der Waals surface area (Å²) in [4.78, 5) is 12.6. The Labute approximate surface area is 125 Å². The highest BCUT2D eigenvalue weighted by molar-refractivity contribution is 7.89. The first-order valence-corrected chi connectivity index (χ1v) is 7.53. The van der Waals surface area contributed by atoms with Gasteiger partial charge in [0.2, 0.25) is 0 Å². The molecule has 0 spiro atoms. The molecule has 0 bridgehead atoms. The number of hydrogen-bond donors (Lipinski definition) is 2. The van der Waals surface area contributed by atoms with Crippen molar-refractivity contribution in [2.45, 2.75) is 18.7 Å². The van der Waals surface area contributed by atoms with Gasteiger partial charge in [-0.15, -0.1) is 4.83 Å². The number of furan rings is 1. The van der Waals surface area contributed by atoms with Crippen LogP contribution in [0.25, 0.3) is 0 Å². The van der Waals surface area contributed by atoms with Crippen LogP contribution in [-0.4, -0.2) is 14.3 Å². The number of hydrogen-bond acceptors (Lipinski definition) is 4. The van der Waals surface area contributed by atoms with Gasteiger partial charge >= 0.3 is 0 Å². The van der Waals surface area contributed by atoms with E-state index in [0.29, 0.717) is 23.7 Å². The average Bonchev–Trinajstić information content (AvgIpc) is 2.78. The standard InChI is InChI=1S/C13H12F2N2O4S/c1-7-5-10(8(2)21-7)13(18)16-17-22(19,20)12-6-9(14)3-4-11(12)15/h3-6,17H,1-2H3,(H,16,18). The van der Waals surface area contributed by atoms with Crippen molar-refractivity contribution in [3.8, 4) is 0 Å². The molecule has 1 amide bonds. The lowest BCUT2D eigenvalue weighted by molar-refractivity contribution is 0.0943. The molecule has 2 N–H and O–H groups in total. The number of amides is 1. The van der Waals surface area contributed by atoms with Gasteiger partial charge in [-0.25, -0.2) is 17.2 Å². The maximum Gasteiger partial charge on any atom is 0.269 e. The molecule has 0 saturated carbocycles. The molecule has 118 valence electrons. The molecule has 0 atom stereocenters. The van der Waals surface area contributed by atoms with E-state index in [4.69, 9.17) is 4.42 Å². The molecule has 6 nitrogen and oxygen atoms in total. The van der Waals surface area contributed by atoms with Crippen molar-refractivity contribution in [3.05, 3.63) is 53.0 Å². The molecule has 0 radical (unpaired) electrons. The molecule has 1 aromatic carbocycles. The third kappa shape index (κ3) is 3.31. The molecule has 2 aromatic rings. The van der Waals surface area contributed by atoms with Gasteiger partial charge in [0.25, 0.3) is 15.9 Å². The molecule has 1 heterocycles. The summed E-state index contributed by atoms with van der Waals surface area (Å²) in [5.74, 6) is -2.07. The molecule has 22 heavy (non-hydrogen) atoms. The Morgan fingerprint density at radius 3 is 2.45 bits per heavy atom. The number of aryl methyl sites for hydroxylation is 2. The van der Waals surface area contributed by atoms with Crippen LogP contribution in [-0.2, 0) is 10.0 Å². The topological polar surface area (TPSA) is 88.4 Å². The van der Waals surface area contributed by atoms with Crippen LogP contribution in [0.1, 0.15) is 21.9 Å². The third-order valence-corrected chi connectivity index (χ3v) is 4.03. The van der Waals surface area contributed by atoms with E-state index >= 15 is 0 Å². The largest absolute Gasteiger partial charge is 0.466 e. The number of benzene rings is 1. The molecule has 0 aliphatic rings. The molecule has 0 fully saturated rings. The molecule has 9 heteroatoms. The quantitative estimate of drug-likeness (QED) is 0.837. The van der Waals surface area contributed by atoms with E-state index in [9.17, 15) is 22.0 Å². The number of hydrazine groups is 1. The summed E-state index contributed by atoms with van der Waals surface area (Å²) < 4.78 is 55.4. The van der Waals surface area contributed by atoms with Gasteiger partial charge in [-0.1, -0.05) is 0 Å². The van der Waals surface area contributed by atoms with Crippen LogP contribution in [0.15, 0.2) is 33.6 Å². The van der Waals surface area contributed by atoms with E-state index < -0.39 is 32.5 Å². The molecular formula is C13H12F2N2O4S. The van der Waals surface area contributed by atoms with Crippen LogP contribution in [0.5, 0.6) is 0 Å². The lowest BCUT2D eigenvalue weighted by atomic mass is 10.2. The van der Waals surface area contributed by atoms with E-state index in [1.807, 2.05) is 5.43 Å². The highest BCUT2D eigenvalue weighted by Gasteiger charge is 2.22. The smallest absolute Gasteiger partial charge is 0.269 e. The zero-order valence-electron chi connectivity index (χ0n) is 11.6. The van der Waals surface area contributed by atoms with Crippen LogP contribution >= 0.6 is 0 Å². The highest BCUT2D eigenvalue weighted by atomic mass is 32.2. The number of halogens is 2. The minimum absolute atomic E-state index is 0.125. The summed E-state index contributed by atoms with van der Waals surface area (Å²) in [5, 5.41) is 0. The monoisotopic (exact) mass is 330 g/mol. The zero-order chi connectivity index (χ0) is 16.5. The summed E-state index contributed by atoms with van der Waals surface area (Å²) >= 11 is 0.